The highest BCUT2D eigenvalue weighted by molar-refractivity contribution is 5.31. The molecule has 1 aromatic carbocycles. The average Bonchev–Trinajstić information content (AvgIpc) is 2.20. The molecule has 0 bridgehead atoms. The predicted molar refractivity (Wildman–Crippen MR) is 35.9 cm³/mol. The third kappa shape index (κ3) is 1.44. The van der Waals surface area contributed by atoms with Gasteiger partial charge in [0.25, 0.3) is 0 Å². The molecule has 1 rings (SSSR count). The van der Waals surface area contributed by atoms with Crippen LogP contribution in [-0.4, -0.2) is 0 Å². The minimum absolute atomic E-state index is 1.12. The molecular formula is C8H4F6. The molecule has 0 unspecified atom stereocenters. The largest absolute Gasteiger partial charge is 0.246 e. The lowest BCUT2D eigenvalue weighted by atomic mass is 10.1. The molecule has 0 aliphatic rings. The highest BCUT2D eigenvalue weighted by Crippen LogP contribution is 2.25. The van der Waals surface area contributed by atoms with Gasteiger partial charge in [-0.05, 0) is 0 Å². The third-order valence-electron chi connectivity index (χ3n) is 1.74. The zero-order valence-corrected chi connectivity index (χ0v) is 6.68. The molecule has 6 heteroatoms. The maximum absolute atomic E-state index is 12.7. The molecule has 0 fully saturated rings. The van der Waals surface area contributed by atoms with Crippen LogP contribution in [0.4, 0.5) is 26.3 Å². The number of hydrogen-bond acceptors (Lipinski definition) is 0. The van der Waals surface area contributed by atoms with Gasteiger partial charge in [0, 0.05) is 11.1 Å². The summed E-state index contributed by atoms with van der Waals surface area (Å²) in [5.41, 5.74) is -2.24. The van der Waals surface area contributed by atoms with Crippen LogP contribution in [0.5, 0.6) is 0 Å². The predicted octanol–water partition coefficient (Wildman–Crippen LogP) is 3.18. The lowest BCUT2D eigenvalue weighted by Gasteiger charge is -2.07. The standard InChI is InChI=1S/C8H4F6/c9-1-3-4(2-10)6(12)8(14)7(13)5(3)11/h1-2H2. The van der Waals surface area contributed by atoms with E-state index in [1.807, 2.05) is 0 Å². The second-order valence-electron chi connectivity index (χ2n) is 2.48. The van der Waals surface area contributed by atoms with E-state index in [1.54, 1.807) is 0 Å². The molecule has 0 saturated carbocycles. The van der Waals surface area contributed by atoms with Crippen LogP contribution in [0.3, 0.4) is 0 Å². The van der Waals surface area contributed by atoms with Gasteiger partial charge >= 0.3 is 0 Å². The molecule has 14 heavy (non-hydrogen) atoms. The number of halogens is 6. The Hall–Kier alpha value is -1.20. The monoisotopic (exact) mass is 214 g/mol. The smallest absolute Gasteiger partial charge is 0.197 e. The Morgan fingerprint density at radius 3 is 1.07 bits per heavy atom. The van der Waals surface area contributed by atoms with E-state index in [9.17, 15) is 26.3 Å². The molecule has 0 aliphatic heterocycles. The molecular weight excluding hydrogens is 210 g/mol. The SMILES string of the molecule is FCc1c(F)c(F)c(F)c(F)c1CF. The summed E-state index contributed by atoms with van der Waals surface area (Å²) in [5, 5.41) is 0. The van der Waals surface area contributed by atoms with Crippen LogP contribution in [0.15, 0.2) is 0 Å². The van der Waals surface area contributed by atoms with Crippen molar-refractivity contribution in [3.05, 3.63) is 34.4 Å². The van der Waals surface area contributed by atoms with Gasteiger partial charge in [-0.2, -0.15) is 0 Å². The second-order valence-corrected chi connectivity index (χ2v) is 2.48. The quantitative estimate of drug-likeness (QED) is 0.403. The van der Waals surface area contributed by atoms with Gasteiger partial charge in [0.05, 0.1) is 0 Å². The van der Waals surface area contributed by atoms with Crippen LogP contribution in [0.2, 0.25) is 0 Å². The highest BCUT2D eigenvalue weighted by atomic mass is 19.2. The Labute approximate surface area is 75.2 Å². The van der Waals surface area contributed by atoms with Crippen LogP contribution in [0, 0.1) is 23.3 Å². The fraction of sp³-hybridized carbons (Fsp3) is 0.250. The summed E-state index contributed by atoms with van der Waals surface area (Å²) in [6, 6.07) is 0. The highest BCUT2D eigenvalue weighted by Gasteiger charge is 2.24. The van der Waals surface area contributed by atoms with E-state index in [0.717, 1.165) is 0 Å². The summed E-state index contributed by atoms with van der Waals surface area (Å²) in [7, 11) is 0. The minimum atomic E-state index is -2.13. The maximum atomic E-state index is 12.7. The number of rotatable bonds is 2. The molecule has 1 aromatic rings. The lowest BCUT2D eigenvalue weighted by molar-refractivity contribution is 0.365. The van der Waals surface area contributed by atoms with Crippen LogP contribution in [-0.2, 0) is 13.3 Å². The van der Waals surface area contributed by atoms with Crippen LogP contribution in [0.25, 0.3) is 0 Å². The van der Waals surface area contributed by atoms with Crippen molar-refractivity contribution in [2.45, 2.75) is 13.3 Å². The van der Waals surface area contributed by atoms with Crippen molar-refractivity contribution < 1.29 is 26.3 Å². The Morgan fingerprint density at radius 1 is 0.571 bits per heavy atom. The first-order chi connectivity index (χ1) is 6.54. The van der Waals surface area contributed by atoms with Crippen molar-refractivity contribution in [1.29, 1.82) is 0 Å². The van der Waals surface area contributed by atoms with Crippen molar-refractivity contribution in [3.63, 3.8) is 0 Å². The summed E-state index contributed by atoms with van der Waals surface area (Å²) in [6.07, 6.45) is 0. The molecule has 0 aliphatic carbocycles. The van der Waals surface area contributed by atoms with Crippen LogP contribution < -0.4 is 0 Å². The maximum Gasteiger partial charge on any atom is 0.197 e. The summed E-state index contributed by atoms with van der Waals surface area (Å²) in [6.45, 7) is -3.20. The number of hydrogen-bond donors (Lipinski definition) is 0. The van der Waals surface area contributed by atoms with E-state index in [2.05, 4.69) is 0 Å². The molecule has 0 radical (unpaired) electrons. The van der Waals surface area contributed by atoms with E-state index >= 15 is 0 Å². The molecule has 0 amide bonds. The van der Waals surface area contributed by atoms with Gasteiger partial charge in [0.15, 0.2) is 23.3 Å². The van der Waals surface area contributed by atoms with Gasteiger partial charge in [-0.1, -0.05) is 0 Å². The van der Waals surface area contributed by atoms with Crippen LogP contribution in [0.1, 0.15) is 11.1 Å². The molecule has 0 saturated heterocycles. The van der Waals surface area contributed by atoms with Gasteiger partial charge in [-0.15, -0.1) is 0 Å². The van der Waals surface area contributed by atoms with Crippen molar-refractivity contribution in [2.75, 3.05) is 0 Å². The molecule has 0 spiro atoms. The molecule has 0 nitrogen and oxygen atoms in total. The fourth-order valence-corrected chi connectivity index (χ4v) is 1.00. The summed E-state index contributed by atoms with van der Waals surface area (Å²) in [4.78, 5) is 0. The van der Waals surface area contributed by atoms with E-state index in [1.165, 1.54) is 0 Å². The van der Waals surface area contributed by atoms with Gasteiger partial charge < -0.3 is 0 Å². The zero-order valence-electron chi connectivity index (χ0n) is 6.68. The van der Waals surface area contributed by atoms with Crippen LogP contribution >= 0.6 is 0 Å². The summed E-state index contributed by atoms with van der Waals surface area (Å²) in [5.74, 6) is -8.04. The van der Waals surface area contributed by atoms with Crippen molar-refractivity contribution in [2.24, 2.45) is 0 Å². The van der Waals surface area contributed by atoms with Crippen molar-refractivity contribution >= 4 is 0 Å². The topological polar surface area (TPSA) is 0 Å². The van der Waals surface area contributed by atoms with Gasteiger partial charge in [-0.25, -0.2) is 26.3 Å². The summed E-state index contributed by atoms with van der Waals surface area (Å²) < 4.78 is 74.5. The third-order valence-corrected chi connectivity index (χ3v) is 1.74. The Morgan fingerprint density at radius 2 is 0.857 bits per heavy atom. The molecule has 78 valence electrons. The molecule has 0 atom stereocenters. The Balaban J connectivity index is 3.57. The Bertz CT molecular complexity index is 325. The lowest BCUT2D eigenvalue weighted by Crippen LogP contribution is -2.06. The average molecular weight is 214 g/mol. The van der Waals surface area contributed by atoms with Gasteiger partial charge in [0.2, 0.25) is 0 Å². The van der Waals surface area contributed by atoms with E-state index in [0.29, 0.717) is 0 Å². The zero-order chi connectivity index (χ0) is 10.9. The normalized spacial score (nSPS) is 10.7. The van der Waals surface area contributed by atoms with Gasteiger partial charge in [-0.3, -0.25) is 0 Å². The summed E-state index contributed by atoms with van der Waals surface area (Å²) >= 11 is 0. The van der Waals surface area contributed by atoms with Crippen molar-refractivity contribution in [1.82, 2.24) is 0 Å². The molecule has 0 N–H and O–H groups in total. The van der Waals surface area contributed by atoms with E-state index in [-0.39, 0.29) is 0 Å². The fourth-order valence-electron chi connectivity index (χ4n) is 1.00. The van der Waals surface area contributed by atoms with Crippen molar-refractivity contribution in [3.8, 4) is 0 Å². The second kappa shape index (κ2) is 3.89. The van der Waals surface area contributed by atoms with E-state index in [4.69, 9.17) is 0 Å². The first-order valence-electron chi connectivity index (χ1n) is 3.50. The minimum Gasteiger partial charge on any atom is -0.246 e. The number of benzene rings is 1. The molecule has 0 heterocycles. The first kappa shape index (κ1) is 10.9. The Kier molecular flexibility index (Phi) is 3.03. The number of alkyl halides is 2. The molecule has 0 aromatic heterocycles. The van der Waals surface area contributed by atoms with Gasteiger partial charge in [0.1, 0.15) is 13.3 Å². The van der Waals surface area contributed by atoms with E-state index < -0.39 is 47.7 Å². The first-order valence-corrected chi connectivity index (χ1v) is 3.50.